The molecule has 0 N–H and O–H groups in total. The predicted octanol–water partition coefficient (Wildman–Crippen LogP) is 4.73. The zero-order chi connectivity index (χ0) is 24.0. The third-order valence-electron chi connectivity index (χ3n) is 5.23. The molecule has 31 heavy (non-hydrogen) atoms. The molecule has 0 saturated heterocycles. The highest BCUT2D eigenvalue weighted by Gasteiger charge is 2.45. The Balaban J connectivity index is 2.78. The maximum Gasteiger partial charge on any atom is 0.504 e. The third-order valence-corrected chi connectivity index (χ3v) is 9.67. The van der Waals surface area contributed by atoms with Crippen molar-refractivity contribution in [1.82, 2.24) is 0 Å². The summed E-state index contributed by atoms with van der Waals surface area (Å²) in [5.41, 5.74) is 11.0. The highest BCUT2D eigenvalue weighted by atomic mass is 32.3. The number of aryl methyl sites for hydroxylation is 2. The van der Waals surface area contributed by atoms with Crippen LogP contribution in [0.4, 0.5) is 0 Å². The Morgan fingerprint density at radius 3 is 1.29 bits per heavy atom. The molecule has 0 aliphatic rings. The van der Waals surface area contributed by atoms with Crippen molar-refractivity contribution in [3.8, 4) is 0 Å². The van der Waals surface area contributed by atoms with Crippen molar-refractivity contribution in [2.45, 2.75) is 76.0 Å². The van der Waals surface area contributed by atoms with Gasteiger partial charge in [0.25, 0.3) is 19.7 Å². The monoisotopic (exact) mass is 462 g/mol. The Hall–Kier alpha value is -2.28. The van der Waals surface area contributed by atoms with Crippen LogP contribution < -0.4 is 0 Å². The minimum Gasteiger partial charge on any atom is -0.359 e. The van der Waals surface area contributed by atoms with E-state index in [-0.39, 0.29) is 20.6 Å². The fourth-order valence-electron chi connectivity index (χ4n) is 3.15. The fourth-order valence-corrected chi connectivity index (χ4v) is 6.99. The van der Waals surface area contributed by atoms with Gasteiger partial charge >= 0.3 is 4.38 Å². The average molecular weight is 463 g/mol. The lowest BCUT2D eigenvalue weighted by atomic mass is 9.87. The Morgan fingerprint density at radius 1 is 0.710 bits per heavy atom. The van der Waals surface area contributed by atoms with Gasteiger partial charge in [-0.2, -0.15) is 0 Å². The van der Waals surface area contributed by atoms with Crippen molar-refractivity contribution in [1.29, 1.82) is 0 Å². The van der Waals surface area contributed by atoms with Gasteiger partial charge in [0.1, 0.15) is 0 Å². The summed E-state index contributed by atoms with van der Waals surface area (Å²) >= 11 is 0. The van der Waals surface area contributed by atoms with Crippen LogP contribution in [0.25, 0.3) is 5.53 Å². The standard InChI is InChI=1S/C23H30N2O4S2/c1-15-9-11-17(22(3,4)5)13-19(15)30(26,27)21(25-24)31(28,29)20-14-18(23(6,7)8)12-10-16(20)2/h9-14H,1-8H3. The molecule has 0 bridgehead atoms. The number of hydrogen-bond acceptors (Lipinski definition) is 4. The first-order valence-electron chi connectivity index (χ1n) is 9.88. The van der Waals surface area contributed by atoms with Crippen molar-refractivity contribution < 1.29 is 21.6 Å². The molecule has 0 radical (unpaired) electrons. The van der Waals surface area contributed by atoms with Gasteiger partial charge in [-0.3, -0.25) is 0 Å². The van der Waals surface area contributed by atoms with Crippen LogP contribution in [-0.2, 0) is 30.5 Å². The first kappa shape index (κ1) is 25.0. The molecule has 0 fully saturated rings. The maximum atomic E-state index is 13.4. The Kier molecular flexibility index (Phi) is 6.45. The molecule has 6 nitrogen and oxygen atoms in total. The van der Waals surface area contributed by atoms with E-state index in [0.29, 0.717) is 11.1 Å². The van der Waals surface area contributed by atoms with Crippen LogP contribution in [0.3, 0.4) is 0 Å². The molecule has 0 spiro atoms. The van der Waals surface area contributed by atoms with Crippen LogP contribution in [0.15, 0.2) is 46.2 Å². The number of benzene rings is 2. The van der Waals surface area contributed by atoms with E-state index in [2.05, 4.69) is 4.79 Å². The molecule has 0 heterocycles. The van der Waals surface area contributed by atoms with Gasteiger partial charge < -0.3 is 5.53 Å². The van der Waals surface area contributed by atoms with Crippen LogP contribution in [0.5, 0.6) is 0 Å². The molecule has 2 aromatic carbocycles. The molecular formula is C23H30N2O4S2. The molecule has 0 unspecified atom stereocenters. The smallest absolute Gasteiger partial charge is 0.359 e. The van der Waals surface area contributed by atoms with Crippen LogP contribution in [0.1, 0.15) is 63.8 Å². The second kappa shape index (κ2) is 8.01. The normalized spacial score (nSPS) is 13.0. The van der Waals surface area contributed by atoms with Crippen molar-refractivity contribution in [3.63, 3.8) is 0 Å². The molecular weight excluding hydrogens is 432 g/mol. The summed E-state index contributed by atoms with van der Waals surface area (Å²) in [6.07, 6.45) is 0. The van der Waals surface area contributed by atoms with Gasteiger partial charge in [-0.25, -0.2) is 16.8 Å². The molecule has 0 saturated carbocycles. The lowest BCUT2D eigenvalue weighted by Gasteiger charge is -2.21. The van der Waals surface area contributed by atoms with E-state index in [4.69, 9.17) is 0 Å². The van der Waals surface area contributed by atoms with Crippen molar-refractivity contribution in [3.05, 3.63) is 64.2 Å². The summed E-state index contributed by atoms with van der Waals surface area (Å²) in [5.74, 6) is 0. The molecule has 8 heteroatoms. The van der Waals surface area contributed by atoms with E-state index in [0.717, 1.165) is 11.1 Å². The van der Waals surface area contributed by atoms with Gasteiger partial charge in [-0.1, -0.05) is 65.8 Å². The van der Waals surface area contributed by atoms with Crippen LogP contribution in [-0.4, -0.2) is 26.0 Å². The molecule has 0 aromatic heterocycles. The van der Waals surface area contributed by atoms with E-state index < -0.39 is 24.1 Å². The van der Waals surface area contributed by atoms with Crippen molar-refractivity contribution in [2.75, 3.05) is 0 Å². The van der Waals surface area contributed by atoms with Crippen LogP contribution in [0.2, 0.25) is 0 Å². The zero-order valence-corrected chi connectivity index (χ0v) is 20.9. The number of rotatable bonds is 2. The van der Waals surface area contributed by atoms with Crippen molar-refractivity contribution >= 4 is 24.1 Å². The topological polar surface area (TPSA) is 105 Å². The van der Waals surface area contributed by atoms with E-state index >= 15 is 0 Å². The quantitative estimate of drug-likeness (QED) is 0.278. The summed E-state index contributed by atoms with van der Waals surface area (Å²) in [6.45, 7) is 14.7. The number of nitrogens with zero attached hydrogens (tertiary/aromatic N) is 2. The minimum atomic E-state index is -4.62. The first-order valence-corrected chi connectivity index (χ1v) is 12.8. The van der Waals surface area contributed by atoms with E-state index in [1.807, 2.05) is 41.5 Å². The maximum absolute atomic E-state index is 13.4. The van der Waals surface area contributed by atoms with Gasteiger partial charge in [-0.15, -0.1) is 4.79 Å². The van der Waals surface area contributed by atoms with Gasteiger partial charge in [0.05, 0.1) is 9.79 Å². The summed E-state index contributed by atoms with van der Waals surface area (Å²) in [4.78, 5) is 2.40. The zero-order valence-electron chi connectivity index (χ0n) is 19.3. The Bertz CT molecular complexity index is 1190. The molecule has 2 rings (SSSR count). The second-order valence-corrected chi connectivity index (χ2v) is 13.8. The van der Waals surface area contributed by atoms with E-state index in [1.54, 1.807) is 38.1 Å². The first-order chi connectivity index (χ1) is 13.9. The van der Waals surface area contributed by atoms with Gasteiger partial charge in [0.2, 0.25) is 0 Å². The summed E-state index contributed by atoms with van der Waals surface area (Å²) in [6, 6.07) is 9.75. The largest absolute Gasteiger partial charge is 0.504 e. The van der Waals surface area contributed by atoms with Gasteiger partial charge in [0, 0.05) is 0 Å². The molecule has 0 atom stereocenters. The summed E-state index contributed by atoms with van der Waals surface area (Å²) in [7, 11) is -9.25. The van der Waals surface area contributed by atoms with Crippen molar-refractivity contribution in [2.24, 2.45) is 0 Å². The highest BCUT2D eigenvalue weighted by molar-refractivity contribution is 8.31. The lowest BCUT2D eigenvalue weighted by Crippen LogP contribution is -2.28. The number of hydrogen-bond donors (Lipinski definition) is 0. The fraction of sp³-hybridized carbons (Fsp3) is 0.435. The third kappa shape index (κ3) is 4.81. The van der Waals surface area contributed by atoms with Crippen LogP contribution >= 0.6 is 0 Å². The summed E-state index contributed by atoms with van der Waals surface area (Å²) in [5, 5.41) is 0. The van der Waals surface area contributed by atoms with Gasteiger partial charge in [-0.05, 0) is 59.1 Å². The Labute approximate surface area is 185 Å². The molecule has 0 aliphatic carbocycles. The lowest BCUT2D eigenvalue weighted by molar-refractivity contribution is 0.00379. The molecule has 0 amide bonds. The molecule has 0 aliphatic heterocycles. The van der Waals surface area contributed by atoms with E-state index in [9.17, 15) is 22.4 Å². The van der Waals surface area contributed by atoms with E-state index in [1.165, 1.54) is 12.1 Å². The number of sulfone groups is 2. The average Bonchev–Trinajstić information content (AvgIpc) is 2.60. The second-order valence-electron chi connectivity index (χ2n) is 9.83. The minimum absolute atomic E-state index is 0.194. The van der Waals surface area contributed by atoms with Gasteiger partial charge in [0.15, 0.2) is 0 Å². The predicted molar refractivity (Wildman–Crippen MR) is 123 cm³/mol. The molecule has 168 valence electrons. The SMILES string of the molecule is Cc1ccc(C(C)(C)C)cc1S(=O)(=O)C(=[N+]=[N-])S(=O)(=O)c1cc(C(C)(C)C)ccc1C. The molecule has 2 aromatic rings. The summed E-state index contributed by atoms with van der Waals surface area (Å²) < 4.78 is 52.4. The highest BCUT2D eigenvalue weighted by Crippen LogP contribution is 2.31. The Morgan fingerprint density at radius 2 is 1.03 bits per heavy atom. The van der Waals surface area contributed by atoms with Crippen LogP contribution in [0, 0.1) is 13.8 Å².